The van der Waals surface area contributed by atoms with E-state index in [2.05, 4.69) is 15.6 Å². The Hall–Kier alpha value is -4.58. The Morgan fingerprint density at radius 3 is 2.27 bits per heavy atom. The van der Waals surface area contributed by atoms with Gasteiger partial charge in [0.25, 0.3) is 5.91 Å². The third kappa shape index (κ3) is 7.87. The van der Waals surface area contributed by atoms with Gasteiger partial charge in [0.05, 0.1) is 23.6 Å². The van der Waals surface area contributed by atoms with Crippen LogP contribution in [0.3, 0.4) is 0 Å². The second-order valence-electron chi connectivity index (χ2n) is 9.41. The molecule has 0 saturated carbocycles. The number of alkyl halides is 3. The van der Waals surface area contributed by atoms with E-state index in [9.17, 15) is 35.9 Å². The number of carbonyl (C=O) groups is 2. The molecule has 1 aromatic heterocycles. The number of halogens is 7. The molecule has 0 radical (unpaired) electrons. The Morgan fingerprint density at radius 2 is 1.61 bits per heavy atom. The molecule has 0 aliphatic carbocycles. The highest BCUT2D eigenvalue weighted by Crippen LogP contribution is 2.37. The van der Waals surface area contributed by atoms with Gasteiger partial charge in [-0.05, 0) is 66.1 Å². The minimum Gasteiger partial charge on any atom is -0.466 e. The average Bonchev–Trinajstić information content (AvgIpc) is 2.97. The zero-order valence-corrected chi connectivity index (χ0v) is 23.8. The molecule has 0 aliphatic heterocycles. The second kappa shape index (κ2) is 13.8. The van der Waals surface area contributed by atoms with E-state index in [1.165, 1.54) is 42.6 Å². The van der Waals surface area contributed by atoms with E-state index in [0.29, 0.717) is 28.9 Å². The Bertz CT molecular complexity index is 1680. The van der Waals surface area contributed by atoms with Gasteiger partial charge in [-0.2, -0.15) is 13.2 Å². The van der Waals surface area contributed by atoms with Crippen molar-refractivity contribution in [2.45, 2.75) is 26.1 Å². The summed E-state index contributed by atoms with van der Waals surface area (Å²) in [6.45, 7) is 1.92. The van der Waals surface area contributed by atoms with Crippen molar-refractivity contribution in [1.82, 2.24) is 10.3 Å². The minimum absolute atomic E-state index is 0.0119. The van der Waals surface area contributed by atoms with Gasteiger partial charge < -0.3 is 15.4 Å². The average molecular weight is 636 g/mol. The van der Waals surface area contributed by atoms with Gasteiger partial charge in [-0.25, -0.2) is 13.2 Å². The fourth-order valence-electron chi connectivity index (χ4n) is 4.26. The van der Waals surface area contributed by atoms with E-state index in [4.69, 9.17) is 16.3 Å². The van der Waals surface area contributed by atoms with Gasteiger partial charge >= 0.3 is 12.1 Å². The monoisotopic (exact) mass is 635 g/mol. The van der Waals surface area contributed by atoms with Crippen LogP contribution in [0.25, 0.3) is 22.3 Å². The van der Waals surface area contributed by atoms with Crippen LogP contribution in [-0.2, 0) is 22.3 Å². The van der Waals surface area contributed by atoms with Gasteiger partial charge in [-0.1, -0.05) is 29.8 Å². The van der Waals surface area contributed by atoms with Crippen LogP contribution in [-0.4, -0.2) is 30.0 Å². The largest absolute Gasteiger partial charge is 0.466 e. The number of nitrogens with zero attached hydrogens (tertiary/aromatic N) is 1. The summed E-state index contributed by atoms with van der Waals surface area (Å²) >= 11 is 6.34. The van der Waals surface area contributed by atoms with Crippen molar-refractivity contribution in [3.05, 3.63) is 106 Å². The number of hydrogen-bond acceptors (Lipinski definition) is 5. The van der Waals surface area contributed by atoms with Crippen molar-refractivity contribution in [1.29, 1.82) is 0 Å². The quantitative estimate of drug-likeness (QED) is 0.137. The van der Waals surface area contributed by atoms with Crippen LogP contribution in [0, 0.1) is 17.5 Å². The van der Waals surface area contributed by atoms with E-state index in [0.717, 1.165) is 12.1 Å². The predicted octanol–water partition coefficient (Wildman–Crippen LogP) is 7.80. The summed E-state index contributed by atoms with van der Waals surface area (Å²) in [6.07, 6.45) is -3.58. The Morgan fingerprint density at radius 1 is 0.886 bits per heavy atom. The highest BCUT2D eigenvalue weighted by molar-refractivity contribution is 6.33. The topological polar surface area (TPSA) is 80.3 Å². The number of esters is 1. The molecule has 230 valence electrons. The number of pyridine rings is 1. The molecule has 0 fully saturated rings. The van der Waals surface area contributed by atoms with E-state index in [-0.39, 0.29) is 53.5 Å². The van der Waals surface area contributed by atoms with Crippen molar-refractivity contribution in [2.24, 2.45) is 0 Å². The third-order valence-corrected chi connectivity index (χ3v) is 6.72. The molecule has 6 nitrogen and oxygen atoms in total. The number of anilines is 1. The lowest BCUT2D eigenvalue weighted by Crippen LogP contribution is -2.27. The van der Waals surface area contributed by atoms with Crippen molar-refractivity contribution in [2.75, 3.05) is 18.5 Å². The summed E-state index contributed by atoms with van der Waals surface area (Å²) in [5.74, 6) is -4.60. The lowest BCUT2D eigenvalue weighted by Gasteiger charge is -2.15. The first-order chi connectivity index (χ1) is 20.9. The summed E-state index contributed by atoms with van der Waals surface area (Å²) in [6, 6.07) is 11.9. The highest BCUT2D eigenvalue weighted by atomic mass is 35.5. The molecule has 1 heterocycles. The molecule has 13 heteroatoms. The van der Waals surface area contributed by atoms with Crippen molar-refractivity contribution in [3.8, 4) is 22.3 Å². The molecular weight excluding hydrogens is 612 g/mol. The standard InChI is InChI=1S/C31H24ClF6N3O3/c1-2-44-29(42)9-10-39-30(43)28-8-4-18(15-41-28)22-14-27(35)26(34)12-19(22)16-40-20-5-6-21(24(32)13-20)17-3-7-25(33)23(11-17)31(36,37)38/h3-8,11-15,40H,2,9-10,16H2,1H3,(H,39,43). The number of ether oxygens (including phenoxy) is 1. The number of carbonyl (C=O) groups excluding carboxylic acids is 2. The van der Waals surface area contributed by atoms with Crippen LogP contribution >= 0.6 is 11.6 Å². The van der Waals surface area contributed by atoms with Gasteiger partial charge in [0.15, 0.2) is 11.6 Å². The number of aromatic nitrogens is 1. The maximum Gasteiger partial charge on any atom is 0.419 e. The minimum atomic E-state index is -4.89. The molecule has 3 aromatic carbocycles. The lowest BCUT2D eigenvalue weighted by atomic mass is 9.99. The summed E-state index contributed by atoms with van der Waals surface area (Å²) in [7, 11) is 0. The Kier molecular flexibility index (Phi) is 10.1. The van der Waals surface area contributed by atoms with Crippen LogP contribution in [0.5, 0.6) is 0 Å². The summed E-state index contributed by atoms with van der Waals surface area (Å²) in [5.41, 5.74) is 0.316. The SMILES string of the molecule is CCOC(=O)CCNC(=O)c1ccc(-c2cc(F)c(F)cc2CNc2ccc(-c3ccc(F)c(C(F)(F)F)c3)c(Cl)c2)cn1. The third-order valence-electron chi connectivity index (χ3n) is 6.41. The van der Waals surface area contributed by atoms with E-state index >= 15 is 0 Å². The van der Waals surface area contributed by atoms with Crippen molar-refractivity contribution >= 4 is 29.2 Å². The fraction of sp³-hybridized carbons (Fsp3) is 0.194. The van der Waals surface area contributed by atoms with Crippen LogP contribution in [0.15, 0.2) is 66.9 Å². The maximum atomic E-state index is 14.2. The summed E-state index contributed by atoms with van der Waals surface area (Å²) in [4.78, 5) is 27.9. The van der Waals surface area contributed by atoms with Crippen molar-refractivity contribution < 1.29 is 40.7 Å². The molecule has 0 saturated heterocycles. The molecule has 0 bridgehead atoms. The van der Waals surface area contributed by atoms with Gasteiger partial charge in [0, 0.05) is 36.1 Å². The Labute approximate surface area is 253 Å². The molecule has 0 atom stereocenters. The molecule has 4 rings (SSSR count). The van der Waals surface area contributed by atoms with Crippen LogP contribution < -0.4 is 10.6 Å². The summed E-state index contributed by atoms with van der Waals surface area (Å²) < 4.78 is 86.4. The fourth-order valence-corrected chi connectivity index (χ4v) is 4.55. The molecule has 2 N–H and O–H groups in total. The first-order valence-electron chi connectivity index (χ1n) is 13.2. The van der Waals surface area contributed by atoms with Gasteiger partial charge in [-0.3, -0.25) is 14.6 Å². The van der Waals surface area contributed by atoms with Crippen molar-refractivity contribution in [3.63, 3.8) is 0 Å². The Balaban J connectivity index is 1.50. The molecule has 0 unspecified atom stereocenters. The van der Waals surface area contributed by atoms with Gasteiger partial charge in [0.2, 0.25) is 0 Å². The normalized spacial score (nSPS) is 11.3. The maximum absolute atomic E-state index is 14.2. The number of benzene rings is 3. The lowest BCUT2D eigenvalue weighted by molar-refractivity contribution is -0.143. The number of hydrogen-bond donors (Lipinski definition) is 2. The number of amides is 1. The summed E-state index contributed by atoms with van der Waals surface area (Å²) in [5, 5.41) is 5.63. The second-order valence-corrected chi connectivity index (χ2v) is 9.81. The smallest absolute Gasteiger partial charge is 0.419 e. The number of rotatable bonds is 10. The van der Waals surface area contributed by atoms with Crippen LogP contribution in [0.4, 0.5) is 32.0 Å². The number of nitrogens with one attached hydrogen (secondary N) is 2. The zero-order chi connectivity index (χ0) is 32.0. The highest BCUT2D eigenvalue weighted by Gasteiger charge is 2.34. The molecule has 0 spiro atoms. The molecule has 0 aliphatic rings. The predicted molar refractivity (Wildman–Crippen MR) is 152 cm³/mol. The zero-order valence-electron chi connectivity index (χ0n) is 23.0. The van der Waals surface area contributed by atoms with Gasteiger partial charge in [-0.15, -0.1) is 0 Å². The van der Waals surface area contributed by atoms with E-state index in [1.54, 1.807) is 6.92 Å². The first-order valence-corrected chi connectivity index (χ1v) is 13.5. The van der Waals surface area contributed by atoms with E-state index in [1.807, 2.05) is 0 Å². The molecule has 44 heavy (non-hydrogen) atoms. The molecule has 4 aromatic rings. The molecular formula is C31H24ClF6N3O3. The van der Waals surface area contributed by atoms with Crippen LogP contribution in [0.2, 0.25) is 5.02 Å². The van der Waals surface area contributed by atoms with Gasteiger partial charge in [0.1, 0.15) is 11.5 Å². The molecule has 1 amide bonds. The van der Waals surface area contributed by atoms with E-state index < -0.39 is 41.1 Å². The van der Waals surface area contributed by atoms with Crippen LogP contribution in [0.1, 0.15) is 35.0 Å². The first kappa shape index (κ1) is 32.3.